The maximum absolute atomic E-state index is 14.2. The highest BCUT2D eigenvalue weighted by Gasteiger charge is 2.41. The highest BCUT2D eigenvalue weighted by Crippen LogP contribution is 2.33. The number of carbonyl (C=O) groups is 3. The van der Waals surface area contributed by atoms with E-state index in [1.807, 2.05) is 89.8 Å². The Balaban J connectivity index is 1.05. The average molecular weight is 746 g/mol. The van der Waals surface area contributed by atoms with Gasteiger partial charge in [0, 0.05) is 43.9 Å². The molecule has 1 aliphatic carbocycles. The summed E-state index contributed by atoms with van der Waals surface area (Å²) in [5.41, 5.74) is 4.99. The van der Waals surface area contributed by atoms with Crippen LogP contribution in [0.1, 0.15) is 46.7 Å². The second-order valence-corrected chi connectivity index (χ2v) is 15.1. The first-order valence-electron chi connectivity index (χ1n) is 19.5. The fraction of sp³-hybridized carbons (Fsp3) is 0.400. The molecule has 0 radical (unpaired) electrons. The van der Waals surface area contributed by atoms with E-state index in [1.54, 1.807) is 17.0 Å². The van der Waals surface area contributed by atoms with Crippen molar-refractivity contribution in [2.75, 3.05) is 39.5 Å². The molecular formula is C45H51N3O7. The van der Waals surface area contributed by atoms with E-state index in [0.717, 1.165) is 27.8 Å². The van der Waals surface area contributed by atoms with Gasteiger partial charge in [-0.2, -0.15) is 0 Å². The molecule has 3 N–H and O–H groups in total. The van der Waals surface area contributed by atoms with E-state index in [9.17, 15) is 24.6 Å². The van der Waals surface area contributed by atoms with Gasteiger partial charge in [0.15, 0.2) is 6.61 Å². The number of morpholine rings is 1. The Kier molecular flexibility index (Phi) is 12.6. The second kappa shape index (κ2) is 18.1. The van der Waals surface area contributed by atoms with Crippen molar-refractivity contribution in [3.63, 3.8) is 0 Å². The number of aliphatic hydroxyl groups is 2. The third-order valence-corrected chi connectivity index (χ3v) is 11.2. The van der Waals surface area contributed by atoms with Gasteiger partial charge in [0.1, 0.15) is 5.75 Å². The molecule has 2 fully saturated rings. The zero-order chi connectivity index (χ0) is 38.1. The number of fused-ring (bicyclic) bond motifs is 1. The van der Waals surface area contributed by atoms with Crippen molar-refractivity contribution in [1.29, 1.82) is 0 Å². The number of hydrogen-bond acceptors (Lipinski definition) is 7. The number of β-amino-alcohol motifs (C(OH)–C–C–N with tert-alkyl or cyclic N) is 1. The molecule has 0 bridgehead atoms. The quantitative estimate of drug-likeness (QED) is 0.166. The highest BCUT2D eigenvalue weighted by molar-refractivity contribution is 5.82. The topological polar surface area (TPSA) is 129 Å². The Bertz CT molecular complexity index is 1880. The molecule has 10 heteroatoms. The standard InChI is InChI=1S/C45H51N3O7/c49-38(29-48-37(25-32-11-5-2-6-12-32)26-36(45(48)53)24-31-9-3-1-4-10-31)27-35(44(52)46-43-40-14-8-7-13-34(40)28-41(43)50)23-33-15-17-39(18-16-33)55-30-42(51)47-19-21-54-22-20-47/h1-18,35-38,41,43,49-50H,19-30H2,(H,46,52)/t35-,36-,37-,38-,41+,43-/m0/s1. The van der Waals surface area contributed by atoms with E-state index in [2.05, 4.69) is 17.4 Å². The molecule has 6 atom stereocenters. The number of nitrogens with one attached hydrogen (secondary N) is 1. The van der Waals surface area contributed by atoms with Gasteiger partial charge in [-0.1, -0.05) is 97.1 Å². The smallest absolute Gasteiger partial charge is 0.260 e. The van der Waals surface area contributed by atoms with Gasteiger partial charge < -0.3 is 34.8 Å². The van der Waals surface area contributed by atoms with Crippen LogP contribution in [0.25, 0.3) is 0 Å². The normalized spacial score (nSPS) is 21.9. The van der Waals surface area contributed by atoms with Crippen molar-refractivity contribution >= 4 is 17.7 Å². The van der Waals surface area contributed by atoms with E-state index in [0.29, 0.717) is 64.2 Å². The lowest BCUT2D eigenvalue weighted by molar-refractivity contribution is -0.137. The maximum Gasteiger partial charge on any atom is 0.260 e. The third kappa shape index (κ3) is 9.80. The minimum atomic E-state index is -0.969. The predicted octanol–water partition coefficient (Wildman–Crippen LogP) is 4.31. The van der Waals surface area contributed by atoms with E-state index in [4.69, 9.17) is 9.47 Å². The van der Waals surface area contributed by atoms with E-state index in [-0.39, 0.29) is 49.3 Å². The zero-order valence-electron chi connectivity index (χ0n) is 31.2. The SMILES string of the molecule is O=C(N[C@H]1c2ccccc2C[C@H]1O)[C@@H](Cc1ccc(OCC(=O)N2CCOCC2)cc1)C[C@H](O)CN1C(=O)[C@@H](Cc2ccccc2)C[C@@H]1Cc1ccccc1. The Morgan fingerprint density at radius 3 is 2.20 bits per heavy atom. The lowest BCUT2D eigenvalue weighted by atomic mass is 9.91. The number of ether oxygens (including phenoxy) is 2. The molecule has 2 heterocycles. The van der Waals surface area contributed by atoms with Crippen molar-refractivity contribution in [3.05, 3.63) is 137 Å². The molecule has 3 amide bonds. The van der Waals surface area contributed by atoms with Crippen molar-refractivity contribution < 1.29 is 34.1 Å². The fourth-order valence-corrected chi connectivity index (χ4v) is 8.35. The summed E-state index contributed by atoms with van der Waals surface area (Å²) in [5, 5.41) is 25.8. The molecule has 0 spiro atoms. The Labute approximate surface area is 323 Å². The maximum atomic E-state index is 14.2. The number of likely N-dealkylation sites (tertiary alicyclic amines) is 1. The second-order valence-electron chi connectivity index (χ2n) is 15.1. The minimum Gasteiger partial charge on any atom is -0.484 e. The van der Waals surface area contributed by atoms with Gasteiger partial charge >= 0.3 is 0 Å². The van der Waals surface area contributed by atoms with Gasteiger partial charge in [0.05, 0.1) is 31.5 Å². The van der Waals surface area contributed by atoms with Crippen molar-refractivity contribution in [3.8, 4) is 5.75 Å². The molecule has 0 unspecified atom stereocenters. The molecule has 2 saturated heterocycles. The van der Waals surface area contributed by atoms with Crippen LogP contribution in [-0.2, 0) is 44.8 Å². The summed E-state index contributed by atoms with van der Waals surface area (Å²) in [6.45, 7) is 2.18. The average Bonchev–Trinajstić information content (AvgIpc) is 3.68. The van der Waals surface area contributed by atoms with Crippen LogP contribution in [0.3, 0.4) is 0 Å². The fourth-order valence-electron chi connectivity index (χ4n) is 8.35. The van der Waals surface area contributed by atoms with Gasteiger partial charge in [0.25, 0.3) is 5.91 Å². The van der Waals surface area contributed by atoms with Crippen LogP contribution in [0.4, 0.5) is 0 Å². The molecule has 4 aromatic rings. The number of hydrogen-bond donors (Lipinski definition) is 3. The van der Waals surface area contributed by atoms with E-state index < -0.39 is 24.2 Å². The van der Waals surface area contributed by atoms with Gasteiger partial charge in [-0.3, -0.25) is 14.4 Å². The summed E-state index contributed by atoms with van der Waals surface area (Å²) in [5.74, 6) is -0.655. The third-order valence-electron chi connectivity index (χ3n) is 11.2. The molecule has 0 aromatic heterocycles. The lowest BCUT2D eigenvalue weighted by Crippen LogP contribution is -2.43. The number of nitrogens with zero attached hydrogens (tertiary/aromatic N) is 2. The molecular weight excluding hydrogens is 695 g/mol. The van der Waals surface area contributed by atoms with E-state index >= 15 is 0 Å². The summed E-state index contributed by atoms with van der Waals surface area (Å²) in [6, 6.07) is 34.5. The zero-order valence-corrected chi connectivity index (χ0v) is 31.2. The molecule has 55 heavy (non-hydrogen) atoms. The van der Waals surface area contributed by atoms with Crippen LogP contribution < -0.4 is 10.1 Å². The Morgan fingerprint density at radius 2 is 1.49 bits per heavy atom. The minimum absolute atomic E-state index is 0.0261. The first-order valence-corrected chi connectivity index (χ1v) is 19.5. The molecule has 288 valence electrons. The van der Waals surface area contributed by atoms with Crippen molar-refractivity contribution in [2.45, 2.75) is 62.8 Å². The first kappa shape index (κ1) is 38.3. The molecule has 10 nitrogen and oxygen atoms in total. The van der Waals surface area contributed by atoms with Crippen molar-refractivity contribution in [2.24, 2.45) is 11.8 Å². The summed E-state index contributed by atoms with van der Waals surface area (Å²) >= 11 is 0. The van der Waals surface area contributed by atoms with Crippen LogP contribution in [0.2, 0.25) is 0 Å². The van der Waals surface area contributed by atoms with Gasteiger partial charge in [-0.25, -0.2) is 0 Å². The first-order chi connectivity index (χ1) is 26.8. The largest absolute Gasteiger partial charge is 0.484 e. The number of carbonyl (C=O) groups excluding carboxylic acids is 3. The van der Waals surface area contributed by atoms with Crippen LogP contribution in [0, 0.1) is 11.8 Å². The highest BCUT2D eigenvalue weighted by atomic mass is 16.5. The van der Waals surface area contributed by atoms with Gasteiger partial charge in [-0.05, 0) is 72.1 Å². The van der Waals surface area contributed by atoms with Crippen molar-refractivity contribution in [1.82, 2.24) is 15.1 Å². The number of aliphatic hydroxyl groups excluding tert-OH is 2. The monoisotopic (exact) mass is 745 g/mol. The van der Waals surface area contributed by atoms with Crippen LogP contribution in [0.15, 0.2) is 109 Å². The van der Waals surface area contributed by atoms with E-state index in [1.165, 1.54) is 0 Å². The Hall–Kier alpha value is -5.03. The molecule has 4 aromatic carbocycles. The number of benzene rings is 4. The van der Waals surface area contributed by atoms with Gasteiger partial charge in [-0.15, -0.1) is 0 Å². The molecule has 0 saturated carbocycles. The van der Waals surface area contributed by atoms with Gasteiger partial charge in [0.2, 0.25) is 11.8 Å². The summed E-state index contributed by atoms with van der Waals surface area (Å²) in [4.78, 5) is 44.3. The Morgan fingerprint density at radius 1 is 0.836 bits per heavy atom. The number of rotatable bonds is 15. The predicted molar refractivity (Wildman–Crippen MR) is 208 cm³/mol. The lowest BCUT2D eigenvalue weighted by Gasteiger charge is -2.29. The molecule has 2 aliphatic heterocycles. The summed E-state index contributed by atoms with van der Waals surface area (Å²) in [7, 11) is 0. The van der Waals surface area contributed by atoms with Crippen LogP contribution in [-0.4, -0.2) is 95.4 Å². The number of amides is 3. The molecule has 7 rings (SSSR count). The van der Waals surface area contributed by atoms with Crippen LogP contribution in [0.5, 0.6) is 5.75 Å². The van der Waals surface area contributed by atoms with Crippen LogP contribution >= 0.6 is 0 Å². The summed E-state index contributed by atoms with van der Waals surface area (Å²) in [6.07, 6.45) is 1.16. The summed E-state index contributed by atoms with van der Waals surface area (Å²) < 4.78 is 11.1. The molecule has 3 aliphatic rings.